The number of hydrogen-bond acceptors (Lipinski definition) is 5. The summed E-state index contributed by atoms with van der Waals surface area (Å²) in [4.78, 5) is 11.9. The second-order valence-electron chi connectivity index (χ2n) is 5.52. The van der Waals surface area contributed by atoms with Crippen LogP contribution in [0.4, 0.5) is 24.7 Å². The van der Waals surface area contributed by atoms with Crippen molar-refractivity contribution >= 4 is 28.6 Å². The van der Waals surface area contributed by atoms with Gasteiger partial charge in [-0.3, -0.25) is 0 Å². The standard InChI is InChI=1S/C17H10ClF3N6/c18-14-9-10(6-7-22-14)23-16-12-4-2-8-27(12)26-15(25-16)11-3-1-5-13(24-11)17(19,20)21/h1-9H,(H,22,23,25,26). The summed E-state index contributed by atoms with van der Waals surface area (Å²) in [6.45, 7) is 0. The van der Waals surface area contributed by atoms with Crippen LogP contribution in [0.15, 0.2) is 54.9 Å². The molecule has 0 bridgehead atoms. The number of rotatable bonds is 3. The molecule has 136 valence electrons. The van der Waals surface area contributed by atoms with Crippen molar-refractivity contribution in [1.82, 2.24) is 24.6 Å². The van der Waals surface area contributed by atoms with Gasteiger partial charge in [-0.25, -0.2) is 19.5 Å². The van der Waals surface area contributed by atoms with E-state index >= 15 is 0 Å². The molecule has 0 aliphatic heterocycles. The van der Waals surface area contributed by atoms with Crippen LogP contribution < -0.4 is 5.32 Å². The second-order valence-corrected chi connectivity index (χ2v) is 5.91. The molecule has 0 spiro atoms. The average Bonchev–Trinajstić information content (AvgIpc) is 3.10. The molecule has 0 aliphatic carbocycles. The molecule has 0 aliphatic rings. The fraction of sp³-hybridized carbons (Fsp3) is 0.0588. The third kappa shape index (κ3) is 3.54. The zero-order valence-corrected chi connectivity index (χ0v) is 14.2. The van der Waals surface area contributed by atoms with E-state index < -0.39 is 11.9 Å². The first kappa shape index (κ1) is 17.2. The van der Waals surface area contributed by atoms with Gasteiger partial charge < -0.3 is 5.32 Å². The zero-order valence-electron chi connectivity index (χ0n) is 13.4. The lowest BCUT2D eigenvalue weighted by atomic mass is 10.3. The van der Waals surface area contributed by atoms with Gasteiger partial charge in [-0.1, -0.05) is 17.7 Å². The van der Waals surface area contributed by atoms with Gasteiger partial charge in [0.15, 0.2) is 5.82 Å². The van der Waals surface area contributed by atoms with Crippen LogP contribution in [0.2, 0.25) is 5.15 Å². The van der Waals surface area contributed by atoms with E-state index in [2.05, 4.69) is 25.4 Å². The quantitative estimate of drug-likeness (QED) is 0.518. The number of anilines is 2. The van der Waals surface area contributed by atoms with Crippen LogP contribution in [0.25, 0.3) is 17.0 Å². The van der Waals surface area contributed by atoms with Crippen LogP contribution in [0.3, 0.4) is 0 Å². The highest BCUT2D eigenvalue weighted by Crippen LogP contribution is 2.29. The van der Waals surface area contributed by atoms with Crippen molar-refractivity contribution < 1.29 is 13.2 Å². The fourth-order valence-electron chi connectivity index (χ4n) is 2.47. The smallest absolute Gasteiger partial charge is 0.338 e. The molecule has 1 N–H and O–H groups in total. The molecule has 0 aromatic carbocycles. The van der Waals surface area contributed by atoms with Crippen molar-refractivity contribution in [2.75, 3.05) is 5.32 Å². The Labute approximate surface area is 155 Å². The Balaban J connectivity index is 1.81. The first-order chi connectivity index (χ1) is 12.9. The normalized spacial score (nSPS) is 11.7. The highest BCUT2D eigenvalue weighted by atomic mass is 35.5. The Kier molecular flexibility index (Phi) is 4.15. The van der Waals surface area contributed by atoms with E-state index in [0.717, 1.165) is 6.07 Å². The molecule has 0 unspecified atom stereocenters. The summed E-state index contributed by atoms with van der Waals surface area (Å²) in [5.41, 5.74) is 0.265. The second kappa shape index (κ2) is 6.51. The molecule has 0 fully saturated rings. The lowest BCUT2D eigenvalue weighted by molar-refractivity contribution is -0.141. The first-order valence-corrected chi connectivity index (χ1v) is 8.06. The molecule has 0 saturated heterocycles. The molecule has 4 aromatic heterocycles. The van der Waals surface area contributed by atoms with Crippen molar-refractivity contribution in [2.24, 2.45) is 0 Å². The van der Waals surface area contributed by atoms with Gasteiger partial charge in [0, 0.05) is 18.1 Å². The van der Waals surface area contributed by atoms with E-state index in [1.54, 1.807) is 30.5 Å². The number of alkyl halides is 3. The summed E-state index contributed by atoms with van der Waals surface area (Å²) in [6, 6.07) is 10.4. The van der Waals surface area contributed by atoms with E-state index in [9.17, 15) is 13.2 Å². The number of fused-ring (bicyclic) bond motifs is 1. The Morgan fingerprint density at radius 1 is 1.04 bits per heavy atom. The van der Waals surface area contributed by atoms with Gasteiger partial charge in [0.1, 0.15) is 22.1 Å². The molecular formula is C17H10ClF3N6. The Bertz CT molecular complexity index is 1130. The van der Waals surface area contributed by atoms with Gasteiger partial charge in [0.05, 0.1) is 0 Å². The molecule has 0 saturated carbocycles. The van der Waals surface area contributed by atoms with Gasteiger partial charge in [-0.2, -0.15) is 13.2 Å². The average molecular weight is 391 g/mol. The van der Waals surface area contributed by atoms with Crippen LogP contribution in [-0.2, 0) is 6.18 Å². The van der Waals surface area contributed by atoms with Crippen molar-refractivity contribution in [2.45, 2.75) is 6.18 Å². The van der Waals surface area contributed by atoms with Crippen LogP contribution in [0.5, 0.6) is 0 Å². The third-order valence-corrected chi connectivity index (χ3v) is 3.86. The molecule has 10 heteroatoms. The van der Waals surface area contributed by atoms with Crippen molar-refractivity contribution in [3.8, 4) is 11.5 Å². The molecular weight excluding hydrogens is 381 g/mol. The van der Waals surface area contributed by atoms with Crippen molar-refractivity contribution in [3.05, 3.63) is 65.7 Å². The van der Waals surface area contributed by atoms with Gasteiger partial charge in [-0.05, 0) is 36.4 Å². The SMILES string of the molecule is FC(F)(F)c1cccc(-c2nc(Nc3ccnc(Cl)c3)c3cccn3n2)n1. The summed E-state index contributed by atoms with van der Waals surface area (Å²) in [5.74, 6) is 0.443. The molecule has 4 rings (SSSR count). The van der Waals surface area contributed by atoms with E-state index in [-0.39, 0.29) is 11.5 Å². The minimum Gasteiger partial charge on any atom is -0.338 e. The minimum atomic E-state index is -4.55. The van der Waals surface area contributed by atoms with Crippen LogP contribution in [0, 0.1) is 0 Å². The summed E-state index contributed by atoms with van der Waals surface area (Å²) in [6.07, 6.45) is -1.36. The Morgan fingerprint density at radius 3 is 2.67 bits per heavy atom. The number of halogens is 4. The number of nitrogens with zero attached hydrogens (tertiary/aromatic N) is 5. The Morgan fingerprint density at radius 2 is 1.89 bits per heavy atom. The van der Waals surface area contributed by atoms with Gasteiger partial charge in [0.25, 0.3) is 0 Å². The summed E-state index contributed by atoms with van der Waals surface area (Å²) >= 11 is 5.89. The van der Waals surface area contributed by atoms with Crippen LogP contribution >= 0.6 is 11.6 Å². The fourth-order valence-corrected chi connectivity index (χ4v) is 2.64. The highest BCUT2D eigenvalue weighted by Gasteiger charge is 2.32. The van der Waals surface area contributed by atoms with Crippen LogP contribution in [0.1, 0.15) is 5.69 Å². The first-order valence-electron chi connectivity index (χ1n) is 7.69. The van der Waals surface area contributed by atoms with Crippen molar-refractivity contribution in [1.29, 1.82) is 0 Å². The lowest BCUT2D eigenvalue weighted by Crippen LogP contribution is -2.09. The predicted octanol–water partition coefficient (Wildman–Crippen LogP) is 4.60. The molecule has 0 amide bonds. The van der Waals surface area contributed by atoms with E-state index in [1.165, 1.54) is 22.8 Å². The molecule has 4 aromatic rings. The molecule has 4 heterocycles. The summed E-state index contributed by atoms with van der Waals surface area (Å²) in [7, 11) is 0. The number of hydrogen-bond donors (Lipinski definition) is 1. The largest absolute Gasteiger partial charge is 0.433 e. The number of nitrogens with one attached hydrogen (secondary N) is 1. The van der Waals surface area contributed by atoms with Gasteiger partial charge in [0.2, 0.25) is 5.82 Å². The topological polar surface area (TPSA) is 68.0 Å². The highest BCUT2D eigenvalue weighted by molar-refractivity contribution is 6.29. The number of pyridine rings is 2. The minimum absolute atomic E-state index is 0.0104. The third-order valence-electron chi connectivity index (χ3n) is 3.65. The predicted molar refractivity (Wildman–Crippen MR) is 93.7 cm³/mol. The maximum absolute atomic E-state index is 13.0. The summed E-state index contributed by atoms with van der Waals surface area (Å²) in [5, 5.41) is 7.62. The van der Waals surface area contributed by atoms with Gasteiger partial charge in [-0.15, -0.1) is 5.10 Å². The molecule has 0 atom stereocenters. The van der Waals surface area contributed by atoms with Crippen molar-refractivity contribution in [3.63, 3.8) is 0 Å². The Hall–Kier alpha value is -3.20. The summed E-state index contributed by atoms with van der Waals surface area (Å²) < 4.78 is 40.4. The van der Waals surface area contributed by atoms with E-state index in [0.29, 0.717) is 22.2 Å². The van der Waals surface area contributed by atoms with Gasteiger partial charge >= 0.3 is 6.18 Å². The monoisotopic (exact) mass is 390 g/mol. The maximum atomic E-state index is 13.0. The van der Waals surface area contributed by atoms with E-state index in [1.807, 2.05) is 0 Å². The molecule has 6 nitrogen and oxygen atoms in total. The maximum Gasteiger partial charge on any atom is 0.433 e. The lowest BCUT2D eigenvalue weighted by Gasteiger charge is -2.11. The van der Waals surface area contributed by atoms with Crippen LogP contribution in [-0.4, -0.2) is 24.6 Å². The molecule has 27 heavy (non-hydrogen) atoms. The van der Waals surface area contributed by atoms with E-state index in [4.69, 9.17) is 11.6 Å². The zero-order chi connectivity index (χ0) is 19.0. The number of aromatic nitrogens is 5. The molecule has 0 radical (unpaired) electrons.